The van der Waals surface area contributed by atoms with Crippen LogP contribution in [0.5, 0.6) is 11.5 Å². The Morgan fingerprint density at radius 2 is 2.04 bits per heavy atom. The van der Waals surface area contributed by atoms with Crippen molar-refractivity contribution in [1.82, 2.24) is 10.3 Å². The van der Waals surface area contributed by atoms with Crippen LogP contribution >= 0.6 is 11.6 Å². The summed E-state index contributed by atoms with van der Waals surface area (Å²) in [5.74, 6) is 1.26. The lowest BCUT2D eigenvalue weighted by atomic mass is 10.1. The van der Waals surface area contributed by atoms with E-state index < -0.39 is 0 Å². The Kier molecular flexibility index (Phi) is 5.28. The van der Waals surface area contributed by atoms with Crippen LogP contribution < -0.4 is 14.8 Å². The lowest BCUT2D eigenvalue weighted by Gasteiger charge is -2.13. The molecule has 5 heteroatoms. The number of aromatic amines is 1. The number of halogens is 1. The molecule has 0 bridgehead atoms. The van der Waals surface area contributed by atoms with Crippen LogP contribution in [0.25, 0.3) is 10.9 Å². The molecule has 0 unspecified atom stereocenters. The van der Waals surface area contributed by atoms with Crippen LogP contribution in [0.3, 0.4) is 0 Å². The number of aromatic nitrogens is 1. The van der Waals surface area contributed by atoms with Gasteiger partial charge in [-0.1, -0.05) is 23.7 Å². The number of hydrogen-bond donors (Lipinski definition) is 2. The third-order valence-electron chi connectivity index (χ3n) is 3.91. The smallest absolute Gasteiger partial charge is 0.179 e. The zero-order valence-corrected chi connectivity index (χ0v) is 14.6. The first-order valence-corrected chi connectivity index (χ1v) is 8.35. The zero-order chi connectivity index (χ0) is 16.9. The van der Waals surface area contributed by atoms with E-state index in [1.54, 1.807) is 7.11 Å². The average molecular weight is 345 g/mol. The van der Waals surface area contributed by atoms with Crippen LogP contribution in [0.4, 0.5) is 0 Å². The number of nitrogens with one attached hydrogen (secondary N) is 2. The number of fused-ring (bicyclic) bond motifs is 1. The number of benzene rings is 2. The Bertz CT molecular complexity index is 829. The highest BCUT2D eigenvalue weighted by molar-refractivity contribution is 6.32. The first kappa shape index (κ1) is 16.7. The van der Waals surface area contributed by atoms with Crippen molar-refractivity contribution in [1.29, 1.82) is 0 Å². The van der Waals surface area contributed by atoms with Gasteiger partial charge in [-0.25, -0.2) is 0 Å². The van der Waals surface area contributed by atoms with Crippen molar-refractivity contribution < 1.29 is 9.47 Å². The van der Waals surface area contributed by atoms with E-state index in [4.69, 9.17) is 21.1 Å². The molecule has 1 aromatic heterocycles. The minimum Gasteiger partial charge on any atom is -0.493 e. The van der Waals surface area contributed by atoms with Crippen molar-refractivity contribution in [2.24, 2.45) is 0 Å². The summed E-state index contributed by atoms with van der Waals surface area (Å²) in [5, 5.41) is 5.27. The lowest BCUT2D eigenvalue weighted by Crippen LogP contribution is -2.13. The molecule has 4 nitrogen and oxygen atoms in total. The molecule has 0 atom stereocenters. The summed E-state index contributed by atoms with van der Waals surface area (Å²) in [6, 6.07) is 12.3. The second-order valence-corrected chi connectivity index (χ2v) is 5.91. The van der Waals surface area contributed by atoms with Gasteiger partial charge in [0.2, 0.25) is 0 Å². The Balaban J connectivity index is 1.70. The van der Waals surface area contributed by atoms with Gasteiger partial charge in [-0.3, -0.25) is 0 Å². The quantitative estimate of drug-likeness (QED) is 0.662. The number of H-pyrrole nitrogens is 1. The first-order chi connectivity index (χ1) is 11.7. The summed E-state index contributed by atoms with van der Waals surface area (Å²) in [6.07, 6.45) is 1.96. The van der Waals surface area contributed by atoms with Crippen molar-refractivity contribution in [2.75, 3.05) is 13.7 Å². The normalized spacial score (nSPS) is 11.0. The average Bonchev–Trinajstić information content (AvgIpc) is 3.06. The van der Waals surface area contributed by atoms with E-state index >= 15 is 0 Å². The van der Waals surface area contributed by atoms with E-state index in [0.29, 0.717) is 29.7 Å². The van der Waals surface area contributed by atoms with Crippen LogP contribution in [0.1, 0.15) is 18.1 Å². The summed E-state index contributed by atoms with van der Waals surface area (Å²) < 4.78 is 10.9. The molecule has 2 aromatic carbocycles. The van der Waals surface area contributed by atoms with Crippen molar-refractivity contribution in [3.05, 3.63) is 58.7 Å². The van der Waals surface area contributed by atoms with Gasteiger partial charge in [0.15, 0.2) is 11.5 Å². The lowest BCUT2D eigenvalue weighted by molar-refractivity contribution is 0.311. The summed E-state index contributed by atoms with van der Waals surface area (Å²) in [4.78, 5) is 3.23. The molecule has 126 valence electrons. The highest BCUT2D eigenvalue weighted by Crippen LogP contribution is 2.36. The first-order valence-electron chi connectivity index (χ1n) is 7.97. The topological polar surface area (TPSA) is 46.3 Å². The van der Waals surface area contributed by atoms with Gasteiger partial charge in [0, 0.05) is 30.2 Å². The van der Waals surface area contributed by atoms with Gasteiger partial charge in [0.05, 0.1) is 18.7 Å². The van der Waals surface area contributed by atoms with Crippen LogP contribution in [0.15, 0.2) is 42.6 Å². The number of hydrogen-bond acceptors (Lipinski definition) is 3. The molecular formula is C19H21ClN2O2. The van der Waals surface area contributed by atoms with Crippen molar-refractivity contribution in [2.45, 2.75) is 20.0 Å². The molecule has 3 aromatic rings. The van der Waals surface area contributed by atoms with E-state index in [1.165, 1.54) is 10.9 Å². The molecule has 0 aliphatic carbocycles. The molecule has 1 heterocycles. The highest BCUT2D eigenvalue weighted by Gasteiger charge is 2.11. The second-order valence-electron chi connectivity index (χ2n) is 5.50. The molecule has 3 rings (SSSR count). The van der Waals surface area contributed by atoms with Crippen LogP contribution in [-0.4, -0.2) is 18.7 Å². The molecule has 0 amide bonds. The summed E-state index contributed by atoms with van der Waals surface area (Å²) in [5.41, 5.74) is 3.47. The fourth-order valence-electron chi connectivity index (χ4n) is 2.81. The minimum atomic E-state index is 0.550. The van der Waals surface area contributed by atoms with Gasteiger partial charge in [0.1, 0.15) is 0 Å². The zero-order valence-electron chi connectivity index (χ0n) is 13.9. The predicted molar refractivity (Wildman–Crippen MR) is 98.0 cm³/mol. The van der Waals surface area contributed by atoms with Crippen molar-refractivity contribution in [3.8, 4) is 11.5 Å². The maximum Gasteiger partial charge on any atom is 0.179 e. The Morgan fingerprint density at radius 3 is 2.83 bits per heavy atom. The summed E-state index contributed by atoms with van der Waals surface area (Å²) in [7, 11) is 1.62. The van der Waals surface area contributed by atoms with Gasteiger partial charge < -0.3 is 19.8 Å². The molecular weight excluding hydrogens is 324 g/mol. The molecule has 0 radical (unpaired) electrons. The molecule has 0 aliphatic rings. The molecule has 0 spiro atoms. The van der Waals surface area contributed by atoms with Crippen molar-refractivity contribution in [3.63, 3.8) is 0 Å². The monoisotopic (exact) mass is 344 g/mol. The number of rotatable bonds is 7. The van der Waals surface area contributed by atoms with Gasteiger partial charge in [-0.15, -0.1) is 0 Å². The fourth-order valence-corrected chi connectivity index (χ4v) is 3.09. The second kappa shape index (κ2) is 7.60. The fraction of sp³-hybridized carbons (Fsp3) is 0.263. The molecule has 0 saturated carbocycles. The van der Waals surface area contributed by atoms with Gasteiger partial charge in [-0.05, 0) is 42.3 Å². The largest absolute Gasteiger partial charge is 0.493 e. The number of ether oxygens (including phenoxy) is 2. The molecule has 0 fully saturated rings. The maximum atomic E-state index is 6.31. The summed E-state index contributed by atoms with van der Waals surface area (Å²) >= 11 is 6.31. The number of methoxy groups -OCH3 is 1. The maximum absolute atomic E-state index is 6.31. The van der Waals surface area contributed by atoms with E-state index in [9.17, 15) is 0 Å². The Hall–Kier alpha value is -2.17. The van der Waals surface area contributed by atoms with Gasteiger partial charge in [-0.2, -0.15) is 0 Å². The molecule has 2 N–H and O–H groups in total. The Labute approximate surface area is 146 Å². The minimum absolute atomic E-state index is 0.550. The van der Waals surface area contributed by atoms with Crippen LogP contribution in [0.2, 0.25) is 5.02 Å². The molecule has 24 heavy (non-hydrogen) atoms. The standard InChI is InChI=1S/C19H21ClN2O2/c1-3-24-19-16(20)9-13(10-18(19)23-2)11-21-12-14-5-4-6-17-15(14)7-8-22-17/h4-10,21-22H,3,11-12H2,1-2H3. The highest BCUT2D eigenvalue weighted by atomic mass is 35.5. The molecule has 0 aliphatic heterocycles. The third kappa shape index (κ3) is 3.50. The molecule has 0 saturated heterocycles. The van der Waals surface area contributed by atoms with E-state index in [0.717, 1.165) is 17.6 Å². The SMILES string of the molecule is CCOc1c(Cl)cc(CNCc2cccc3[nH]ccc23)cc1OC. The van der Waals surface area contributed by atoms with Gasteiger partial charge in [0.25, 0.3) is 0 Å². The van der Waals surface area contributed by atoms with E-state index in [1.807, 2.05) is 25.3 Å². The van der Waals surface area contributed by atoms with E-state index in [2.05, 4.69) is 34.6 Å². The Morgan fingerprint density at radius 1 is 1.17 bits per heavy atom. The third-order valence-corrected chi connectivity index (χ3v) is 4.19. The van der Waals surface area contributed by atoms with Gasteiger partial charge >= 0.3 is 0 Å². The van der Waals surface area contributed by atoms with Crippen LogP contribution in [0, 0.1) is 0 Å². The van der Waals surface area contributed by atoms with Crippen LogP contribution in [-0.2, 0) is 13.1 Å². The van der Waals surface area contributed by atoms with E-state index in [-0.39, 0.29) is 0 Å². The summed E-state index contributed by atoms with van der Waals surface area (Å²) in [6.45, 7) is 3.95. The van der Waals surface area contributed by atoms with Crippen molar-refractivity contribution >= 4 is 22.5 Å². The predicted octanol–water partition coefficient (Wildman–Crippen LogP) is 4.52.